The van der Waals surface area contributed by atoms with Gasteiger partial charge in [0.15, 0.2) is 0 Å². The Balaban J connectivity index is 1.85. The molecule has 19 heavy (non-hydrogen) atoms. The van der Waals surface area contributed by atoms with E-state index in [4.69, 9.17) is 4.42 Å². The number of rotatable bonds is 7. The third-order valence-electron chi connectivity index (χ3n) is 4.14. The molecule has 0 amide bonds. The first-order valence-corrected chi connectivity index (χ1v) is 7.74. The fourth-order valence-electron chi connectivity index (χ4n) is 2.85. The van der Waals surface area contributed by atoms with Crippen LogP contribution in [0.2, 0.25) is 0 Å². The van der Waals surface area contributed by atoms with E-state index in [2.05, 4.69) is 37.1 Å². The molecule has 1 unspecified atom stereocenters. The molecule has 0 bridgehead atoms. The fraction of sp³-hybridized carbons (Fsp3) is 0.750. The van der Waals surface area contributed by atoms with Gasteiger partial charge in [0.1, 0.15) is 11.5 Å². The highest BCUT2D eigenvalue weighted by molar-refractivity contribution is 5.20. The van der Waals surface area contributed by atoms with Gasteiger partial charge in [-0.2, -0.15) is 0 Å². The summed E-state index contributed by atoms with van der Waals surface area (Å²) in [5.74, 6) is 3.09. The number of furan rings is 1. The lowest BCUT2D eigenvalue weighted by molar-refractivity contribution is 0.283. The summed E-state index contributed by atoms with van der Waals surface area (Å²) >= 11 is 0. The van der Waals surface area contributed by atoms with Crippen LogP contribution in [0.4, 0.5) is 0 Å². The van der Waals surface area contributed by atoms with E-state index in [1.165, 1.54) is 37.9 Å². The minimum Gasteiger partial charge on any atom is -0.465 e. The first-order chi connectivity index (χ1) is 9.22. The minimum absolute atomic E-state index is 0.891. The van der Waals surface area contributed by atoms with Gasteiger partial charge >= 0.3 is 0 Å². The lowest BCUT2D eigenvalue weighted by Gasteiger charge is -2.13. The molecule has 2 rings (SSSR count). The molecule has 1 aromatic heterocycles. The first kappa shape index (κ1) is 14.6. The molecule has 1 aromatic rings. The van der Waals surface area contributed by atoms with Gasteiger partial charge in [0.25, 0.3) is 0 Å². The molecule has 1 aliphatic heterocycles. The van der Waals surface area contributed by atoms with Crippen molar-refractivity contribution < 1.29 is 4.42 Å². The average molecular weight is 264 g/mol. The molecule has 0 radical (unpaired) electrons. The second-order valence-electron chi connectivity index (χ2n) is 5.77. The Bertz CT molecular complexity index is 386. The highest BCUT2D eigenvalue weighted by Crippen LogP contribution is 2.23. The topological polar surface area (TPSA) is 28.4 Å². The fourth-order valence-corrected chi connectivity index (χ4v) is 2.85. The summed E-state index contributed by atoms with van der Waals surface area (Å²) in [5.41, 5.74) is 1.31. The third kappa shape index (κ3) is 4.08. The van der Waals surface area contributed by atoms with Crippen molar-refractivity contribution in [3.63, 3.8) is 0 Å². The quantitative estimate of drug-likeness (QED) is 0.766. The number of nitrogens with one attached hydrogen (secondary N) is 1. The monoisotopic (exact) mass is 264 g/mol. The molecule has 1 N–H and O–H groups in total. The van der Waals surface area contributed by atoms with Crippen molar-refractivity contribution in [1.29, 1.82) is 0 Å². The van der Waals surface area contributed by atoms with Crippen LogP contribution in [0.1, 0.15) is 50.2 Å². The zero-order valence-electron chi connectivity index (χ0n) is 12.7. The van der Waals surface area contributed by atoms with Gasteiger partial charge in [-0.25, -0.2) is 0 Å². The molecule has 0 spiro atoms. The van der Waals surface area contributed by atoms with Crippen LogP contribution in [0.3, 0.4) is 0 Å². The lowest BCUT2D eigenvalue weighted by atomic mass is 10.1. The van der Waals surface area contributed by atoms with Gasteiger partial charge in [0.05, 0.1) is 6.54 Å². The lowest BCUT2D eigenvalue weighted by Crippen LogP contribution is -2.19. The Labute approximate surface area is 117 Å². The molecular formula is C16H28N2O. The summed E-state index contributed by atoms with van der Waals surface area (Å²) in [6.45, 7) is 12.0. The summed E-state index contributed by atoms with van der Waals surface area (Å²) in [7, 11) is 0. The van der Waals surface area contributed by atoms with Crippen molar-refractivity contribution in [1.82, 2.24) is 10.2 Å². The van der Waals surface area contributed by atoms with Crippen LogP contribution in [-0.2, 0) is 13.1 Å². The summed E-state index contributed by atoms with van der Waals surface area (Å²) in [6, 6.07) is 2.23. The van der Waals surface area contributed by atoms with Crippen LogP contribution in [-0.4, -0.2) is 24.5 Å². The Morgan fingerprint density at radius 3 is 2.95 bits per heavy atom. The molecule has 3 heteroatoms. The molecule has 3 nitrogen and oxygen atoms in total. The minimum atomic E-state index is 0.891. The maximum Gasteiger partial charge on any atom is 0.118 e. The Hall–Kier alpha value is -0.800. The molecule has 1 atom stereocenters. The smallest absolute Gasteiger partial charge is 0.118 e. The van der Waals surface area contributed by atoms with Gasteiger partial charge in [-0.1, -0.05) is 20.3 Å². The Morgan fingerprint density at radius 2 is 2.26 bits per heavy atom. The molecule has 1 aliphatic rings. The van der Waals surface area contributed by atoms with Gasteiger partial charge in [-0.3, -0.25) is 4.90 Å². The molecular weight excluding hydrogens is 236 g/mol. The van der Waals surface area contributed by atoms with E-state index in [9.17, 15) is 0 Å². The maximum absolute atomic E-state index is 5.89. The summed E-state index contributed by atoms with van der Waals surface area (Å²) in [4.78, 5) is 2.52. The van der Waals surface area contributed by atoms with Crippen LogP contribution >= 0.6 is 0 Å². The van der Waals surface area contributed by atoms with E-state index < -0.39 is 0 Å². The highest BCUT2D eigenvalue weighted by Gasteiger charge is 2.22. The molecule has 0 aliphatic carbocycles. The van der Waals surface area contributed by atoms with Crippen LogP contribution < -0.4 is 5.32 Å². The number of nitrogens with zero attached hydrogens (tertiary/aromatic N) is 1. The second kappa shape index (κ2) is 7.11. The summed E-state index contributed by atoms with van der Waals surface area (Å²) < 4.78 is 5.89. The zero-order valence-corrected chi connectivity index (χ0v) is 12.7. The predicted octanol–water partition coefficient (Wildman–Crippen LogP) is 3.32. The second-order valence-corrected chi connectivity index (χ2v) is 5.77. The van der Waals surface area contributed by atoms with Crippen molar-refractivity contribution >= 4 is 0 Å². The van der Waals surface area contributed by atoms with Crippen LogP contribution in [0.15, 0.2) is 10.5 Å². The number of aryl methyl sites for hydroxylation is 1. The first-order valence-electron chi connectivity index (χ1n) is 7.74. The molecule has 1 saturated heterocycles. The molecule has 108 valence electrons. The highest BCUT2D eigenvalue weighted by atomic mass is 16.3. The van der Waals surface area contributed by atoms with Crippen molar-refractivity contribution in [2.45, 2.75) is 53.1 Å². The van der Waals surface area contributed by atoms with Gasteiger partial charge < -0.3 is 9.73 Å². The normalized spacial score (nSPS) is 20.3. The van der Waals surface area contributed by atoms with E-state index in [0.29, 0.717) is 0 Å². The number of hydrogen-bond acceptors (Lipinski definition) is 3. The maximum atomic E-state index is 5.89. The van der Waals surface area contributed by atoms with Gasteiger partial charge in [-0.05, 0) is 44.8 Å². The van der Waals surface area contributed by atoms with Crippen LogP contribution in [0.25, 0.3) is 0 Å². The standard InChI is InChI=1S/C16H28N2O/c1-4-7-17-10-15-9-16(19-13(15)3)12-18-8-6-14(5-2)11-18/h9,14,17H,4-8,10-12H2,1-3H3. The van der Waals surface area contributed by atoms with E-state index in [1.807, 2.05) is 0 Å². The van der Waals surface area contributed by atoms with Crippen molar-refractivity contribution in [3.05, 3.63) is 23.2 Å². The average Bonchev–Trinajstić information content (AvgIpc) is 2.98. The van der Waals surface area contributed by atoms with Crippen LogP contribution in [0.5, 0.6) is 0 Å². The molecule has 1 fully saturated rings. The van der Waals surface area contributed by atoms with Gasteiger partial charge in [0, 0.05) is 18.7 Å². The van der Waals surface area contributed by atoms with Gasteiger partial charge in [0.2, 0.25) is 0 Å². The number of likely N-dealkylation sites (tertiary alicyclic amines) is 1. The van der Waals surface area contributed by atoms with Gasteiger partial charge in [-0.15, -0.1) is 0 Å². The molecule has 0 saturated carbocycles. The van der Waals surface area contributed by atoms with Crippen molar-refractivity contribution in [3.8, 4) is 0 Å². The van der Waals surface area contributed by atoms with Crippen LogP contribution in [0, 0.1) is 12.8 Å². The van der Waals surface area contributed by atoms with E-state index in [-0.39, 0.29) is 0 Å². The van der Waals surface area contributed by atoms with Crippen molar-refractivity contribution in [2.24, 2.45) is 5.92 Å². The Morgan fingerprint density at radius 1 is 1.42 bits per heavy atom. The summed E-state index contributed by atoms with van der Waals surface area (Å²) in [6.07, 6.45) is 3.83. The predicted molar refractivity (Wildman–Crippen MR) is 79.1 cm³/mol. The largest absolute Gasteiger partial charge is 0.465 e. The SMILES string of the molecule is CCCNCc1cc(CN2CCC(CC)C2)oc1C. The number of hydrogen-bond donors (Lipinski definition) is 1. The van der Waals surface area contributed by atoms with E-state index >= 15 is 0 Å². The Kier molecular flexibility index (Phi) is 5.46. The summed E-state index contributed by atoms with van der Waals surface area (Å²) in [5, 5.41) is 3.44. The molecule has 0 aromatic carbocycles. The molecule has 2 heterocycles. The van der Waals surface area contributed by atoms with E-state index in [1.54, 1.807) is 0 Å². The van der Waals surface area contributed by atoms with Crippen molar-refractivity contribution in [2.75, 3.05) is 19.6 Å². The zero-order chi connectivity index (χ0) is 13.7. The third-order valence-corrected chi connectivity index (χ3v) is 4.14. The van der Waals surface area contributed by atoms with E-state index in [0.717, 1.165) is 37.1 Å².